The van der Waals surface area contributed by atoms with Crippen molar-refractivity contribution in [1.29, 1.82) is 0 Å². The second-order valence-corrected chi connectivity index (χ2v) is 8.65. The predicted octanol–water partition coefficient (Wildman–Crippen LogP) is 3.80. The van der Waals surface area contributed by atoms with Crippen LogP contribution in [0.15, 0.2) is 34.2 Å². The van der Waals surface area contributed by atoms with Crippen LogP contribution in [0.5, 0.6) is 0 Å². The minimum atomic E-state index is -0.273. The first-order valence-corrected chi connectivity index (χ1v) is 10.3. The number of thioether (sulfide) groups is 1. The number of aromatic nitrogens is 2. The Balaban J connectivity index is 1.85. The topological polar surface area (TPSA) is 61.2 Å². The van der Waals surface area contributed by atoms with Gasteiger partial charge in [-0.2, -0.15) is 0 Å². The van der Waals surface area contributed by atoms with Crippen molar-refractivity contribution in [3.8, 4) is 0 Å². The highest BCUT2D eigenvalue weighted by molar-refractivity contribution is 8.00. The van der Waals surface area contributed by atoms with Crippen LogP contribution in [0, 0.1) is 11.8 Å². The summed E-state index contributed by atoms with van der Waals surface area (Å²) < 4.78 is 6.98. The van der Waals surface area contributed by atoms with Crippen molar-refractivity contribution in [2.24, 2.45) is 11.8 Å². The molecule has 4 rings (SSSR count). The quantitative estimate of drug-likeness (QED) is 0.606. The molecule has 1 aromatic carbocycles. The first kappa shape index (κ1) is 17.6. The predicted molar refractivity (Wildman–Crippen MR) is 102 cm³/mol. The largest absolute Gasteiger partial charge is 0.465 e. The Hall–Kier alpha value is -1.82. The van der Waals surface area contributed by atoms with Crippen molar-refractivity contribution in [1.82, 2.24) is 9.55 Å². The molecule has 2 heterocycles. The van der Waals surface area contributed by atoms with Crippen LogP contribution in [0.3, 0.4) is 0 Å². The van der Waals surface area contributed by atoms with E-state index in [4.69, 9.17) is 9.72 Å². The number of cyclic esters (lactones) is 1. The van der Waals surface area contributed by atoms with Crippen molar-refractivity contribution in [3.05, 3.63) is 34.6 Å². The Morgan fingerprint density at radius 1 is 1.15 bits per heavy atom. The molecular weight excluding hydrogens is 348 g/mol. The molecule has 1 aromatic heterocycles. The lowest BCUT2D eigenvalue weighted by molar-refractivity contribution is -0.137. The summed E-state index contributed by atoms with van der Waals surface area (Å²) in [5.41, 5.74) is 0.703. The molecule has 0 unspecified atom stereocenters. The van der Waals surface area contributed by atoms with Gasteiger partial charge >= 0.3 is 5.97 Å². The average molecular weight is 372 g/mol. The number of hydrogen-bond acceptors (Lipinski definition) is 5. The molecule has 5 nitrogen and oxygen atoms in total. The number of nitrogens with zero attached hydrogens (tertiary/aromatic N) is 2. The van der Waals surface area contributed by atoms with Gasteiger partial charge in [-0.15, -0.1) is 0 Å². The van der Waals surface area contributed by atoms with E-state index in [0.29, 0.717) is 40.9 Å². The normalized spacial score (nSPS) is 29.1. The molecule has 1 saturated carbocycles. The maximum Gasteiger partial charge on any atom is 0.319 e. The van der Waals surface area contributed by atoms with Crippen molar-refractivity contribution >= 4 is 28.6 Å². The van der Waals surface area contributed by atoms with Gasteiger partial charge in [0, 0.05) is 12.5 Å². The number of ether oxygens (including phenoxy) is 1. The molecule has 26 heavy (non-hydrogen) atoms. The molecule has 2 fully saturated rings. The molecule has 0 N–H and O–H groups in total. The Morgan fingerprint density at radius 3 is 2.73 bits per heavy atom. The van der Waals surface area contributed by atoms with Gasteiger partial charge in [0.15, 0.2) is 5.16 Å². The van der Waals surface area contributed by atoms with E-state index in [0.717, 1.165) is 12.8 Å². The van der Waals surface area contributed by atoms with Crippen LogP contribution in [-0.2, 0) is 9.53 Å². The Kier molecular flexibility index (Phi) is 4.78. The van der Waals surface area contributed by atoms with Crippen LogP contribution in [0.2, 0.25) is 0 Å². The number of esters is 1. The summed E-state index contributed by atoms with van der Waals surface area (Å²) in [6, 6.07) is 7.61. The summed E-state index contributed by atoms with van der Waals surface area (Å²) in [5, 5.41) is 1.03. The third kappa shape index (κ3) is 3.04. The fourth-order valence-corrected chi connectivity index (χ4v) is 5.25. The van der Waals surface area contributed by atoms with Gasteiger partial charge in [-0.05, 0) is 30.4 Å². The van der Waals surface area contributed by atoms with E-state index < -0.39 is 0 Å². The summed E-state index contributed by atoms with van der Waals surface area (Å²) in [6.07, 6.45) is 3.97. The average Bonchev–Trinajstić information content (AvgIpc) is 3.03. The molecule has 2 aromatic rings. The number of benzene rings is 1. The molecule has 138 valence electrons. The maximum atomic E-state index is 13.3. The van der Waals surface area contributed by atoms with Gasteiger partial charge in [-0.3, -0.25) is 14.2 Å². The summed E-state index contributed by atoms with van der Waals surface area (Å²) in [4.78, 5) is 30.1. The first-order valence-electron chi connectivity index (χ1n) is 9.41. The molecule has 2 aliphatic rings. The zero-order valence-corrected chi connectivity index (χ0v) is 16.0. The van der Waals surface area contributed by atoms with Crippen LogP contribution < -0.4 is 5.56 Å². The van der Waals surface area contributed by atoms with E-state index in [1.807, 2.05) is 28.8 Å². The van der Waals surface area contributed by atoms with Gasteiger partial charge < -0.3 is 4.74 Å². The molecular formula is C20H24N2O3S. The first-order chi connectivity index (χ1) is 12.6. The Bertz CT molecular complexity index is 894. The van der Waals surface area contributed by atoms with E-state index in [2.05, 4.69) is 13.8 Å². The number of para-hydroxylation sites is 1. The SMILES string of the molecule is C[C@@H]1[C@H](C)CCC[C@H]1n1c(S[C@@H]2CCOC2=O)nc2ccccc2c1=O. The number of carbonyl (C=O) groups is 1. The van der Waals surface area contributed by atoms with Gasteiger partial charge in [0.25, 0.3) is 5.56 Å². The highest BCUT2D eigenvalue weighted by Crippen LogP contribution is 2.40. The lowest BCUT2D eigenvalue weighted by Gasteiger charge is -2.36. The van der Waals surface area contributed by atoms with E-state index in [-0.39, 0.29) is 22.8 Å². The number of hydrogen-bond donors (Lipinski definition) is 0. The molecule has 1 aliphatic heterocycles. The molecule has 1 saturated heterocycles. The lowest BCUT2D eigenvalue weighted by atomic mass is 9.78. The maximum absolute atomic E-state index is 13.3. The molecule has 0 amide bonds. The van der Waals surface area contributed by atoms with Crippen molar-refractivity contribution < 1.29 is 9.53 Å². The van der Waals surface area contributed by atoms with Gasteiger partial charge in [0.2, 0.25) is 0 Å². The summed E-state index contributed by atoms with van der Waals surface area (Å²) in [7, 11) is 0. The summed E-state index contributed by atoms with van der Waals surface area (Å²) in [5.74, 6) is 0.773. The highest BCUT2D eigenvalue weighted by Gasteiger charge is 2.34. The van der Waals surface area contributed by atoms with Crippen LogP contribution in [0.25, 0.3) is 10.9 Å². The Morgan fingerprint density at radius 2 is 1.96 bits per heavy atom. The van der Waals surface area contributed by atoms with Gasteiger partial charge in [-0.25, -0.2) is 4.98 Å². The van der Waals surface area contributed by atoms with Gasteiger partial charge in [0.1, 0.15) is 5.25 Å². The number of fused-ring (bicyclic) bond motifs is 1. The molecule has 0 bridgehead atoms. The molecule has 4 atom stereocenters. The van der Waals surface area contributed by atoms with Crippen LogP contribution >= 0.6 is 11.8 Å². The summed E-state index contributed by atoms with van der Waals surface area (Å²) in [6.45, 7) is 4.94. The fourth-order valence-electron chi connectivity index (χ4n) is 4.13. The zero-order chi connectivity index (χ0) is 18.3. The summed E-state index contributed by atoms with van der Waals surface area (Å²) >= 11 is 1.39. The van der Waals surface area contributed by atoms with Crippen molar-refractivity contribution in [2.75, 3.05) is 6.61 Å². The third-order valence-electron chi connectivity index (χ3n) is 5.91. The number of carbonyl (C=O) groups excluding carboxylic acids is 1. The van der Waals surface area contributed by atoms with E-state index in [1.54, 1.807) is 0 Å². The van der Waals surface area contributed by atoms with Crippen molar-refractivity contribution in [2.45, 2.75) is 56.0 Å². The van der Waals surface area contributed by atoms with Gasteiger partial charge in [0.05, 0.1) is 17.5 Å². The van der Waals surface area contributed by atoms with Crippen molar-refractivity contribution in [3.63, 3.8) is 0 Å². The van der Waals surface area contributed by atoms with Crippen LogP contribution in [-0.4, -0.2) is 27.4 Å². The third-order valence-corrected chi connectivity index (χ3v) is 7.12. The second-order valence-electron chi connectivity index (χ2n) is 7.48. The molecule has 0 spiro atoms. The Labute approximate surface area is 157 Å². The zero-order valence-electron chi connectivity index (χ0n) is 15.2. The molecule has 0 radical (unpaired) electrons. The van der Waals surface area contributed by atoms with Gasteiger partial charge in [-0.1, -0.05) is 50.6 Å². The van der Waals surface area contributed by atoms with Crippen LogP contribution in [0.1, 0.15) is 45.6 Å². The number of rotatable bonds is 3. The minimum Gasteiger partial charge on any atom is -0.465 e. The lowest BCUT2D eigenvalue weighted by Crippen LogP contribution is -2.35. The second kappa shape index (κ2) is 7.06. The minimum absolute atomic E-state index is 0.00964. The molecule has 6 heteroatoms. The monoisotopic (exact) mass is 372 g/mol. The fraction of sp³-hybridized carbons (Fsp3) is 0.550. The van der Waals surface area contributed by atoms with E-state index >= 15 is 0 Å². The van der Waals surface area contributed by atoms with Crippen LogP contribution in [0.4, 0.5) is 0 Å². The van der Waals surface area contributed by atoms with E-state index in [1.165, 1.54) is 18.2 Å². The molecule has 1 aliphatic carbocycles. The van der Waals surface area contributed by atoms with E-state index in [9.17, 15) is 9.59 Å². The smallest absolute Gasteiger partial charge is 0.319 e. The highest BCUT2D eigenvalue weighted by atomic mass is 32.2. The standard InChI is InChI=1S/C20H24N2O3S/c1-12-6-5-9-16(13(12)2)22-18(23)14-7-3-4-8-15(14)21-20(22)26-17-10-11-25-19(17)24/h3-4,7-8,12-13,16-17H,5-6,9-11H2,1-2H3/t12-,13-,16-,17-/m1/s1.